The summed E-state index contributed by atoms with van der Waals surface area (Å²) < 4.78 is 0. The first-order valence-corrected chi connectivity index (χ1v) is 7.35. The molecule has 1 aromatic carbocycles. The highest BCUT2D eigenvalue weighted by atomic mass is 35.5. The Morgan fingerprint density at radius 2 is 1.83 bits per heavy atom. The van der Waals surface area contributed by atoms with Crippen LogP contribution in [0.4, 0.5) is 0 Å². The highest BCUT2D eigenvalue weighted by molar-refractivity contribution is 6.42. The van der Waals surface area contributed by atoms with Crippen molar-refractivity contribution in [2.24, 2.45) is 5.41 Å². The lowest BCUT2D eigenvalue weighted by molar-refractivity contribution is 0.325. The zero-order chi connectivity index (χ0) is 13.6. The van der Waals surface area contributed by atoms with Crippen LogP contribution in [-0.2, 0) is 6.42 Å². The van der Waals surface area contributed by atoms with Crippen molar-refractivity contribution < 1.29 is 0 Å². The third kappa shape index (κ3) is 5.60. The van der Waals surface area contributed by atoms with Crippen molar-refractivity contribution in [2.75, 3.05) is 13.1 Å². The molecule has 0 fully saturated rings. The summed E-state index contributed by atoms with van der Waals surface area (Å²) in [5, 5.41) is 4.73. The van der Waals surface area contributed by atoms with E-state index in [4.69, 9.17) is 23.2 Å². The van der Waals surface area contributed by atoms with E-state index in [2.05, 4.69) is 32.2 Å². The molecule has 1 N–H and O–H groups in total. The molecule has 3 heteroatoms. The fourth-order valence-electron chi connectivity index (χ4n) is 2.02. The second-order valence-corrected chi connectivity index (χ2v) is 6.40. The third-order valence-corrected chi connectivity index (χ3v) is 3.81. The van der Waals surface area contributed by atoms with Gasteiger partial charge in [0.2, 0.25) is 0 Å². The predicted molar refractivity (Wildman–Crippen MR) is 81.7 cm³/mol. The molecule has 0 radical (unpaired) electrons. The van der Waals surface area contributed by atoms with Crippen molar-refractivity contribution in [3.05, 3.63) is 33.8 Å². The van der Waals surface area contributed by atoms with Gasteiger partial charge in [0.05, 0.1) is 10.0 Å². The molecule has 18 heavy (non-hydrogen) atoms. The molecule has 0 amide bonds. The van der Waals surface area contributed by atoms with Gasteiger partial charge in [-0.05, 0) is 55.5 Å². The maximum absolute atomic E-state index is 6.04. The largest absolute Gasteiger partial charge is 0.317 e. The average molecular weight is 288 g/mol. The second-order valence-electron chi connectivity index (χ2n) is 5.59. The number of hydrogen-bond donors (Lipinski definition) is 1. The second kappa shape index (κ2) is 7.37. The summed E-state index contributed by atoms with van der Waals surface area (Å²) in [5.41, 5.74) is 1.53. The molecule has 0 bridgehead atoms. The molecule has 0 aromatic heterocycles. The van der Waals surface area contributed by atoms with E-state index < -0.39 is 0 Å². The minimum atomic E-state index is 0.276. The molecule has 0 spiro atoms. The van der Waals surface area contributed by atoms with E-state index in [0.29, 0.717) is 10.0 Å². The first-order valence-electron chi connectivity index (χ1n) is 6.59. The van der Waals surface area contributed by atoms with Gasteiger partial charge >= 0.3 is 0 Å². The molecule has 0 atom stereocenters. The Hall–Kier alpha value is -0.240. The smallest absolute Gasteiger partial charge is 0.0595 e. The molecule has 0 saturated carbocycles. The minimum absolute atomic E-state index is 0.276. The van der Waals surface area contributed by atoms with Crippen LogP contribution in [0.5, 0.6) is 0 Å². The average Bonchev–Trinajstić information content (AvgIpc) is 2.29. The molecule has 0 unspecified atom stereocenters. The van der Waals surface area contributed by atoms with Gasteiger partial charge in [0, 0.05) is 0 Å². The zero-order valence-electron chi connectivity index (χ0n) is 11.5. The maximum atomic E-state index is 6.04. The fraction of sp³-hybridized carbons (Fsp3) is 0.600. The van der Waals surface area contributed by atoms with Gasteiger partial charge in [-0.15, -0.1) is 0 Å². The lowest BCUT2D eigenvalue weighted by atomic mass is 9.82. The van der Waals surface area contributed by atoms with Gasteiger partial charge in [-0.25, -0.2) is 0 Å². The molecule has 1 nitrogen and oxygen atoms in total. The summed E-state index contributed by atoms with van der Waals surface area (Å²) >= 11 is 12.0. The minimum Gasteiger partial charge on any atom is -0.317 e. The van der Waals surface area contributed by atoms with E-state index in [-0.39, 0.29) is 5.41 Å². The predicted octanol–water partition coefficient (Wildman–Crippen LogP) is 4.95. The van der Waals surface area contributed by atoms with Crippen molar-refractivity contribution in [1.82, 2.24) is 5.32 Å². The highest BCUT2D eigenvalue weighted by Gasteiger charge is 2.18. The normalized spacial score (nSPS) is 11.8. The molecule has 0 saturated heterocycles. The molecule has 0 aliphatic heterocycles. The Balaban J connectivity index is 2.50. The quantitative estimate of drug-likeness (QED) is 0.700. The van der Waals surface area contributed by atoms with Crippen molar-refractivity contribution in [3.8, 4) is 0 Å². The van der Waals surface area contributed by atoms with Gasteiger partial charge in [-0.3, -0.25) is 0 Å². The summed E-state index contributed by atoms with van der Waals surface area (Å²) in [5.74, 6) is 0. The van der Waals surface area contributed by atoms with Crippen LogP contribution in [-0.4, -0.2) is 13.1 Å². The van der Waals surface area contributed by atoms with Crippen molar-refractivity contribution in [1.29, 1.82) is 0 Å². The van der Waals surface area contributed by atoms with E-state index in [1.165, 1.54) is 12.0 Å². The SMILES string of the molecule is CCCNCCC(C)(C)Cc1ccc(Cl)c(Cl)c1. The van der Waals surface area contributed by atoms with E-state index in [1.54, 1.807) is 0 Å². The number of nitrogens with one attached hydrogen (secondary N) is 1. The van der Waals surface area contributed by atoms with Crippen LogP contribution >= 0.6 is 23.2 Å². The summed E-state index contributed by atoms with van der Waals surface area (Å²) in [6.45, 7) is 8.95. The molecule has 1 aromatic rings. The maximum Gasteiger partial charge on any atom is 0.0595 e. The summed E-state index contributed by atoms with van der Waals surface area (Å²) in [7, 11) is 0. The molecule has 0 aliphatic carbocycles. The van der Waals surface area contributed by atoms with Gasteiger partial charge < -0.3 is 5.32 Å². The summed E-state index contributed by atoms with van der Waals surface area (Å²) in [6.07, 6.45) is 3.37. The molecule has 0 aliphatic rings. The number of rotatable bonds is 7. The summed E-state index contributed by atoms with van der Waals surface area (Å²) in [4.78, 5) is 0. The number of hydrogen-bond acceptors (Lipinski definition) is 1. The number of halogens is 2. The van der Waals surface area contributed by atoms with Crippen molar-refractivity contribution in [2.45, 2.75) is 40.0 Å². The monoisotopic (exact) mass is 287 g/mol. The Bertz CT molecular complexity index is 375. The standard InChI is InChI=1S/C15H23Cl2N/c1-4-8-18-9-7-15(2,3)11-12-5-6-13(16)14(17)10-12/h5-6,10,18H,4,7-9,11H2,1-3H3. The van der Waals surface area contributed by atoms with E-state index in [0.717, 1.165) is 25.9 Å². The van der Waals surface area contributed by atoms with Crippen LogP contribution < -0.4 is 5.32 Å². The highest BCUT2D eigenvalue weighted by Crippen LogP contribution is 2.29. The van der Waals surface area contributed by atoms with Crippen LogP contribution in [0.2, 0.25) is 10.0 Å². The Morgan fingerprint density at radius 3 is 2.44 bits per heavy atom. The molecule has 1 rings (SSSR count). The lowest BCUT2D eigenvalue weighted by Gasteiger charge is -2.25. The molecular formula is C15H23Cl2N. The lowest BCUT2D eigenvalue weighted by Crippen LogP contribution is -2.24. The van der Waals surface area contributed by atoms with Gasteiger partial charge in [0.1, 0.15) is 0 Å². The van der Waals surface area contributed by atoms with Crippen molar-refractivity contribution in [3.63, 3.8) is 0 Å². The first kappa shape index (κ1) is 15.8. The van der Waals surface area contributed by atoms with Crippen LogP contribution in [0.25, 0.3) is 0 Å². The van der Waals surface area contributed by atoms with E-state index >= 15 is 0 Å². The first-order chi connectivity index (χ1) is 8.44. The Morgan fingerprint density at radius 1 is 1.11 bits per heavy atom. The molecular weight excluding hydrogens is 265 g/mol. The zero-order valence-corrected chi connectivity index (χ0v) is 13.0. The Kier molecular flexibility index (Phi) is 6.48. The van der Waals surface area contributed by atoms with Gasteiger partial charge in [0.15, 0.2) is 0 Å². The van der Waals surface area contributed by atoms with E-state index in [9.17, 15) is 0 Å². The van der Waals surface area contributed by atoms with Crippen LogP contribution in [0.1, 0.15) is 39.2 Å². The van der Waals surface area contributed by atoms with Gasteiger partial charge in [-0.1, -0.05) is 50.0 Å². The van der Waals surface area contributed by atoms with Gasteiger partial charge in [0.25, 0.3) is 0 Å². The van der Waals surface area contributed by atoms with Crippen LogP contribution in [0.15, 0.2) is 18.2 Å². The number of benzene rings is 1. The topological polar surface area (TPSA) is 12.0 Å². The molecule has 102 valence electrons. The van der Waals surface area contributed by atoms with Crippen LogP contribution in [0, 0.1) is 5.41 Å². The van der Waals surface area contributed by atoms with Crippen molar-refractivity contribution >= 4 is 23.2 Å². The fourth-order valence-corrected chi connectivity index (χ4v) is 2.34. The van der Waals surface area contributed by atoms with Crippen LogP contribution in [0.3, 0.4) is 0 Å². The molecule has 0 heterocycles. The van der Waals surface area contributed by atoms with Gasteiger partial charge in [-0.2, -0.15) is 0 Å². The van der Waals surface area contributed by atoms with E-state index in [1.807, 2.05) is 12.1 Å². The Labute approximate surface area is 121 Å². The third-order valence-electron chi connectivity index (χ3n) is 3.07. The summed E-state index contributed by atoms with van der Waals surface area (Å²) in [6, 6.07) is 5.92.